The summed E-state index contributed by atoms with van der Waals surface area (Å²) < 4.78 is 0. The number of hydrogen-bond acceptors (Lipinski definition) is 2. The molecule has 1 rings (SSSR count). The normalized spacial score (nSPS) is 26.1. The molecule has 0 aromatic rings. The van der Waals surface area contributed by atoms with Crippen LogP contribution in [-0.4, -0.2) is 37.1 Å². The van der Waals surface area contributed by atoms with Gasteiger partial charge >= 0.3 is 0 Å². The van der Waals surface area contributed by atoms with Crippen molar-refractivity contribution in [2.75, 3.05) is 26.2 Å². The quantitative estimate of drug-likeness (QED) is 0.678. The van der Waals surface area contributed by atoms with Crippen molar-refractivity contribution in [1.29, 1.82) is 0 Å². The van der Waals surface area contributed by atoms with Gasteiger partial charge in [-0.3, -0.25) is 0 Å². The molecule has 2 unspecified atom stereocenters. The van der Waals surface area contributed by atoms with Crippen LogP contribution in [0.4, 0.5) is 0 Å². The van der Waals surface area contributed by atoms with Crippen LogP contribution in [0.5, 0.6) is 0 Å². The lowest BCUT2D eigenvalue weighted by Crippen LogP contribution is -2.48. The summed E-state index contributed by atoms with van der Waals surface area (Å²) in [4.78, 5) is 2.70. The lowest BCUT2D eigenvalue weighted by atomic mass is 9.69. The van der Waals surface area contributed by atoms with Crippen LogP contribution in [0.1, 0.15) is 73.1 Å². The predicted molar refractivity (Wildman–Crippen MR) is 90.2 cm³/mol. The molecule has 0 bridgehead atoms. The summed E-state index contributed by atoms with van der Waals surface area (Å²) in [6.45, 7) is 16.8. The maximum absolute atomic E-state index is 3.82. The molecular weight excluding hydrogens is 244 g/mol. The van der Waals surface area contributed by atoms with E-state index >= 15 is 0 Å². The summed E-state index contributed by atoms with van der Waals surface area (Å²) in [6.07, 6.45) is 7.95. The van der Waals surface area contributed by atoms with Crippen molar-refractivity contribution in [3.8, 4) is 0 Å². The Morgan fingerprint density at radius 2 is 1.70 bits per heavy atom. The van der Waals surface area contributed by atoms with Gasteiger partial charge in [-0.1, -0.05) is 34.6 Å². The number of nitrogens with one attached hydrogen (secondary N) is 1. The highest BCUT2D eigenvalue weighted by Gasteiger charge is 2.35. The lowest BCUT2D eigenvalue weighted by molar-refractivity contribution is 0.0996. The van der Waals surface area contributed by atoms with E-state index in [2.05, 4.69) is 44.8 Å². The van der Waals surface area contributed by atoms with E-state index in [-0.39, 0.29) is 0 Å². The molecule has 1 aliphatic carbocycles. The molecule has 0 saturated heterocycles. The maximum atomic E-state index is 3.82. The van der Waals surface area contributed by atoms with Gasteiger partial charge in [-0.25, -0.2) is 0 Å². The topological polar surface area (TPSA) is 15.3 Å². The summed E-state index contributed by atoms with van der Waals surface area (Å²) >= 11 is 0. The van der Waals surface area contributed by atoms with E-state index < -0.39 is 0 Å². The molecule has 0 radical (unpaired) electrons. The van der Waals surface area contributed by atoms with E-state index in [1.165, 1.54) is 64.7 Å². The highest BCUT2D eigenvalue weighted by atomic mass is 15.1. The Hall–Kier alpha value is -0.0800. The molecule has 0 heterocycles. The highest BCUT2D eigenvalue weighted by molar-refractivity contribution is 4.90. The summed E-state index contributed by atoms with van der Waals surface area (Å²) in [5, 5.41) is 3.82. The fraction of sp³-hybridized carbons (Fsp3) is 1.00. The summed E-state index contributed by atoms with van der Waals surface area (Å²) in [5.41, 5.74) is 0.541. The average molecular weight is 283 g/mol. The molecule has 0 aliphatic heterocycles. The van der Waals surface area contributed by atoms with Gasteiger partial charge in [0, 0.05) is 12.6 Å². The second-order valence-corrected chi connectivity index (χ2v) is 7.53. The Morgan fingerprint density at radius 1 is 1.05 bits per heavy atom. The van der Waals surface area contributed by atoms with Crippen molar-refractivity contribution < 1.29 is 0 Å². The fourth-order valence-electron chi connectivity index (χ4n) is 3.78. The largest absolute Gasteiger partial charge is 0.314 e. The van der Waals surface area contributed by atoms with Gasteiger partial charge in [0.2, 0.25) is 0 Å². The molecule has 2 atom stereocenters. The standard InChI is InChI=1S/C18H38N2/c1-6-11-19-17-9-10-18(4,5)14-16(17)15-20(12-7-2)13-8-3/h16-17,19H,6-15H2,1-5H3. The van der Waals surface area contributed by atoms with Gasteiger partial charge in [0.1, 0.15) is 0 Å². The van der Waals surface area contributed by atoms with Gasteiger partial charge in [-0.2, -0.15) is 0 Å². The molecule has 0 spiro atoms. The Kier molecular flexibility index (Phi) is 8.13. The molecule has 1 N–H and O–H groups in total. The van der Waals surface area contributed by atoms with Gasteiger partial charge in [0.25, 0.3) is 0 Å². The molecule has 0 aromatic heterocycles. The second-order valence-electron chi connectivity index (χ2n) is 7.53. The van der Waals surface area contributed by atoms with Crippen LogP contribution < -0.4 is 5.32 Å². The van der Waals surface area contributed by atoms with Gasteiger partial charge in [0.15, 0.2) is 0 Å². The Morgan fingerprint density at radius 3 is 2.25 bits per heavy atom. The first-order valence-corrected chi connectivity index (χ1v) is 8.98. The monoisotopic (exact) mass is 282 g/mol. The molecule has 2 heteroatoms. The van der Waals surface area contributed by atoms with Crippen molar-refractivity contribution in [1.82, 2.24) is 10.2 Å². The smallest absolute Gasteiger partial charge is 0.0108 e. The first-order valence-electron chi connectivity index (χ1n) is 8.98. The molecule has 0 aromatic carbocycles. The number of hydrogen-bond donors (Lipinski definition) is 1. The molecule has 20 heavy (non-hydrogen) atoms. The van der Waals surface area contributed by atoms with Crippen LogP contribution in [0.2, 0.25) is 0 Å². The average Bonchev–Trinajstić information content (AvgIpc) is 2.38. The van der Waals surface area contributed by atoms with E-state index in [0.29, 0.717) is 5.41 Å². The lowest BCUT2D eigenvalue weighted by Gasteiger charge is -2.43. The molecule has 0 amide bonds. The van der Waals surface area contributed by atoms with Gasteiger partial charge in [-0.15, -0.1) is 0 Å². The zero-order valence-electron chi connectivity index (χ0n) is 14.7. The first-order chi connectivity index (χ1) is 9.52. The van der Waals surface area contributed by atoms with Crippen LogP contribution >= 0.6 is 0 Å². The molecule has 1 fully saturated rings. The Balaban J connectivity index is 2.61. The zero-order valence-corrected chi connectivity index (χ0v) is 14.7. The van der Waals surface area contributed by atoms with Crippen LogP contribution in [0, 0.1) is 11.3 Å². The van der Waals surface area contributed by atoms with Crippen molar-refractivity contribution in [3.63, 3.8) is 0 Å². The van der Waals surface area contributed by atoms with Crippen molar-refractivity contribution in [2.45, 2.75) is 79.2 Å². The maximum Gasteiger partial charge on any atom is 0.0108 e. The van der Waals surface area contributed by atoms with Crippen LogP contribution in [0.3, 0.4) is 0 Å². The van der Waals surface area contributed by atoms with Crippen molar-refractivity contribution >= 4 is 0 Å². The molecule has 1 saturated carbocycles. The van der Waals surface area contributed by atoms with E-state index in [9.17, 15) is 0 Å². The predicted octanol–water partition coefficient (Wildman–Crippen LogP) is 4.30. The second kappa shape index (κ2) is 9.04. The summed E-state index contributed by atoms with van der Waals surface area (Å²) in [6, 6.07) is 0.749. The van der Waals surface area contributed by atoms with Crippen molar-refractivity contribution in [3.05, 3.63) is 0 Å². The van der Waals surface area contributed by atoms with E-state index in [4.69, 9.17) is 0 Å². The van der Waals surface area contributed by atoms with Crippen LogP contribution in [-0.2, 0) is 0 Å². The highest BCUT2D eigenvalue weighted by Crippen LogP contribution is 2.39. The first kappa shape index (κ1) is 18.0. The third-order valence-electron chi connectivity index (χ3n) is 4.74. The molecular formula is C18H38N2. The van der Waals surface area contributed by atoms with Crippen molar-refractivity contribution in [2.24, 2.45) is 11.3 Å². The van der Waals surface area contributed by atoms with E-state index in [1.54, 1.807) is 0 Å². The van der Waals surface area contributed by atoms with Gasteiger partial charge in [-0.05, 0) is 69.5 Å². The summed E-state index contributed by atoms with van der Waals surface area (Å²) in [7, 11) is 0. The van der Waals surface area contributed by atoms with E-state index in [0.717, 1.165) is 12.0 Å². The summed E-state index contributed by atoms with van der Waals surface area (Å²) in [5.74, 6) is 0.836. The minimum Gasteiger partial charge on any atom is -0.314 e. The third kappa shape index (κ3) is 6.13. The minimum atomic E-state index is 0.541. The van der Waals surface area contributed by atoms with E-state index in [1.807, 2.05) is 0 Å². The van der Waals surface area contributed by atoms with Gasteiger partial charge in [0.05, 0.1) is 0 Å². The Bertz CT molecular complexity index is 244. The van der Waals surface area contributed by atoms with Crippen LogP contribution in [0.15, 0.2) is 0 Å². The molecule has 120 valence electrons. The third-order valence-corrected chi connectivity index (χ3v) is 4.74. The Labute approximate surface area is 127 Å². The van der Waals surface area contributed by atoms with Crippen LogP contribution in [0.25, 0.3) is 0 Å². The zero-order chi connectivity index (χ0) is 15.0. The number of rotatable bonds is 9. The molecule has 2 nitrogen and oxygen atoms in total. The fourth-order valence-corrected chi connectivity index (χ4v) is 3.78. The SMILES string of the molecule is CCCNC1CCC(C)(C)CC1CN(CCC)CCC. The van der Waals surface area contributed by atoms with Gasteiger partial charge < -0.3 is 10.2 Å². The minimum absolute atomic E-state index is 0.541. The number of nitrogens with zero attached hydrogens (tertiary/aromatic N) is 1. The molecule has 1 aliphatic rings.